The third-order valence-corrected chi connectivity index (χ3v) is 3.23. The quantitative estimate of drug-likeness (QED) is 0.768. The van der Waals surface area contributed by atoms with E-state index in [9.17, 15) is 4.79 Å². The molecule has 1 heterocycles. The maximum absolute atomic E-state index is 11.5. The molecule has 2 aliphatic rings. The maximum Gasteiger partial charge on any atom is 0.409 e. The van der Waals surface area contributed by atoms with Gasteiger partial charge in [0.1, 0.15) is 0 Å². The number of carbonyl (C=O) groups is 1. The topological polar surface area (TPSA) is 41.6 Å². The van der Waals surface area contributed by atoms with Crippen molar-refractivity contribution in [2.45, 2.75) is 44.2 Å². The summed E-state index contributed by atoms with van der Waals surface area (Å²) in [7, 11) is 1.46. The molecule has 1 amide bonds. The average Bonchev–Trinajstić information content (AvgIpc) is 3.10. The Kier molecular flexibility index (Phi) is 3.46. The van der Waals surface area contributed by atoms with E-state index in [0.29, 0.717) is 12.1 Å². The van der Waals surface area contributed by atoms with Gasteiger partial charge in [0.25, 0.3) is 0 Å². The molecule has 1 saturated carbocycles. The van der Waals surface area contributed by atoms with Crippen molar-refractivity contribution in [1.82, 2.24) is 10.2 Å². The highest BCUT2D eigenvalue weighted by Crippen LogP contribution is 2.28. The fraction of sp³-hybridized carbons (Fsp3) is 0.909. The van der Waals surface area contributed by atoms with Gasteiger partial charge in [0.05, 0.1) is 7.11 Å². The molecule has 0 aromatic carbocycles. The van der Waals surface area contributed by atoms with E-state index >= 15 is 0 Å². The Bertz CT molecular complexity index is 223. The first kappa shape index (κ1) is 10.7. The highest BCUT2D eigenvalue weighted by Gasteiger charge is 2.34. The fourth-order valence-corrected chi connectivity index (χ4v) is 2.19. The van der Waals surface area contributed by atoms with E-state index in [1.807, 2.05) is 4.90 Å². The van der Waals surface area contributed by atoms with Crippen LogP contribution in [0.25, 0.3) is 0 Å². The lowest BCUT2D eigenvalue weighted by molar-refractivity contribution is 0.113. The van der Waals surface area contributed by atoms with Gasteiger partial charge in [-0.15, -0.1) is 0 Å². The molecule has 0 radical (unpaired) electrons. The van der Waals surface area contributed by atoms with E-state index in [2.05, 4.69) is 5.32 Å². The molecule has 0 spiro atoms. The highest BCUT2D eigenvalue weighted by atomic mass is 16.5. The molecule has 15 heavy (non-hydrogen) atoms. The number of rotatable bonds is 3. The first-order valence-electron chi connectivity index (χ1n) is 5.89. The van der Waals surface area contributed by atoms with Gasteiger partial charge in [0.15, 0.2) is 0 Å². The van der Waals surface area contributed by atoms with Crippen molar-refractivity contribution in [1.29, 1.82) is 0 Å². The van der Waals surface area contributed by atoms with E-state index in [1.54, 1.807) is 0 Å². The largest absolute Gasteiger partial charge is 0.453 e. The number of nitrogens with zero attached hydrogens (tertiary/aromatic N) is 1. The van der Waals surface area contributed by atoms with Crippen LogP contribution in [0, 0.1) is 0 Å². The Balaban J connectivity index is 1.84. The fourth-order valence-electron chi connectivity index (χ4n) is 2.19. The van der Waals surface area contributed by atoms with Crippen LogP contribution in [0.2, 0.25) is 0 Å². The summed E-state index contributed by atoms with van der Waals surface area (Å²) in [5.74, 6) is 0. The van der Waals surface area contributed by atoms with Gasteiger partial charge in [-0.2, -0.15) is 0 Å². The third kappa shape index (κ3) is 2.84. The molecule has 1 unspecified atom stereocenters. The smallest absolute Gasteiger partial charge is 0.409 e. The zero-order valence-electron chi connectivity index (χ0n) is 9.37. The first-order chi connectivity index (χ1) is 7.31. The van der Waals surface area contributed by atoms with E-state index in [0.717, 1.165) is 25.9 Å². The SMILES string of the molecule is COC(=O)N(CC1CCCCN1)C1CC1. The van der Waals surface area contributed by atoms with Crippen LogP contribution in [-0.2, 0) is 4.74 Å². The van der Waals surface area contributed by atoms with Gasteiger partial charge in [-0.1, -0.05) is 6.42 Å². The van der Waals surface area contributed by atoms with Crippen molar-refractivity contribution in [3.63, 3.8) is 0 Å². The zero-order chi connectivity index (χ0) is 10.7. The van der Waals surface area contributed by atoms with Crippen LogP contribution in [-0.4, -0.2) is 43.3 Å². The lowest BCUT2D eigenvalue weighted by atomic mass is 10.0. The predicted molar refractivity (Wildman–Crippen MR) is 57.8 cm³/mol. The monoisotopic (exact) mass is 212 g/mol. The molecule has 1 atom stereocenters. The molecule has 86 valence electrons. The number of hydrogen-bond acceptors (Lipinski definition) is 3. The van der Waals surface area contributed by atoms with Gasteiger partial charge in [-0.3, -0.25) is 0 Å². The second kappa shape index (κ2) is 4.84. The lowest BCUT2D eigenvalue weighted by Crippen LogP contribution is -2.46. The summed E-state index contributed by atoms with van der Waals surface area (Å²) < 4.78 is 4.81. The van der Waals surface area contributed by atoms with Crippen molar-refractivity contribution in [3.8, 4) is 0 Å². The molecule has 0 aromatic rings. The molecular weight excluding hydrogens is 192 g/mol. The molecule has 1 N–H and O–H groups in total. The lowest BCUT2D eigenvalue weighted by Gasteiger charge is -2.29. The van der Waals surface area contributed by atoms with E-state index in [4.69, 9.17) is 4.74 Å². The second-order valence-electron chi connectivity index (χ2n) is 4.50. The van der Waals surface area contributed by atoms with Crippen LogP contribution in [0.15, 0.2) is 0 Å². The van der Waals surface area contributed by atoms with Gasteiger partial charge in [-0.25, -0.2) is 4.79 Å². The summed E-state index contributed by atoms with van der Waals surface area (Å²) in [6.07, 6.45) is 5.84. The maximum atomic E-state index is 11.5. The molecule has 4 nitrogen and oxygen atoms in total. The van der Waals surface area contributed by atoms with Gasteiger partial charge in [-0.05, 0) is 32.2 Å². The summed E-state index contributed by atoms with van der Waals surface area (Å²) in [5, 5.41) is 3.46. The first-order valence-corrected chi connectivity index (χ1v) is 5.89. The number of carbonyl (C=O) groups excluding carboxylic acids is 1. The Morgan fingerprint density at radius 1 is 1.40 bits per heavy atom. The van der Waals surface area contributed by atoms with Crippen molar-refractivity contribution < 1.29 is 9.53 Å². The molecule has 0 aromatic heterocycles. The van der Waals surface area contributed by atoms with E-state index in [1.165, 1.54) is 26.4 Å². The molecule has 0 bridgehead atoms. The van der Waals surface area contributed by atoms with E-state index in [-0.39, 0.29) is 6.09 Å². The van der Waals surface area contributed by atoms with Gasteiger partial charge in [0.2, 0.25) is 0 Å². The number of hydrogen-bond donors (Lipinski definition) is 1. The van der Waals surface area contributed by atoms with Crippen LogP contribution in [0.4, 0.5) is 4.79 Å². The third-order valence-electron chi connectivity index (χ3n) is 3.23. The zero-order valence-corrected chi connectivity index (χ0v) is 9.37. The summed E-state index contributed by atoms with van der Waals surface area (Å²) in [6.45, 7) is 1.90. The average molecular weight is 212 g/mol. The van der Waals surface area contributed by atoms with Crippen LogP contribution < -0.4 is 5.32 Å². The molecule has 1 aliphatic heterocycles. The number of nitrogens with one attached hydrogen (secondary N) is 1. The van der Waals surface area contributed by atoms with Crippen LogP contribution in [0.3, 0.4) is 0 Å². The minimum absolute atomic E-state index is 0.162. The highest BCUT2D eigenvalue weighted by molar-refractivity contribution is 5.68. The number of ether oxygens (including phenoxy) is 1. The van der Waals surface area contributed by atoms with Crippen LogP contribution in [0.5, 0.6) is 0 Å². The molecule has 2 fully saturated rings. The van der Waals surface area contributed by atoms with Crippen LogP contribution >= 0.6 is 0 Å². The number of amides is 1. The summed E-state index contributed by atoms with van der Waals surface area (Å²) in [6, 6.07) is 0.916. The molecule has 1 saturated heterocycles. The number of piperidine rings is 1. The summed E-state index contributed by atoms with van der Waals surface area (Å²) in [5.41, 5.74) is 0. The Morgan fingerprint density at radius 3 is 2.73 bits per heavy atom. The van der Waals surface area contributed by atoms with Gasteiger partial charge >= 0.3 is 6.09 Å². The minimum Gasteiger partial charge on any atom is -0.453 e. The predicted octanol–water partition coefficient (Wildman–Crippen LogP) is 1.36. The van der Waals surface area contributed by atoms with Crippen molar-refractivity contribution in [3.05, 3.63) is 0 Å². The van der Waals surface area contributed by atoms with Crippen molar-refractivity contribution in [2.75, 3.05) is 20.2 Å². The van der Waals surface area contributed by atoms with Crippen LogP contribution in [0.1, 0.15) is 32.1 Å². The van der Waals surface area contributed by atoms with Crippen molar-refractivity contribution >= 4 is 6.09 Å². The van der Waals surface area contributed by atoms with E-state index < -0.39 is 0 Å². The molecule has 2 rings (SSSR count). The molecular formula is C11H20N2O2. The normalized spacial score (nSPS) is 26.1. The van der Waals surface area contributed by atoms with Gasteiger partial charge < -0.3 is 15.0 Å². The molecule has 1 aliphatic carbocycles. The molecule has 4 heteroatoms. The van der Waals surface area contributed by atoms with Gasteiger partial charge in [0, 0.05) is 18.6 Å². The minimum atomic E-state index is -0.162. The summed E-state index contributed by atoms with van der Waals surface area (Å²) >= 11 is 0. The van der Waals surface area contributed by atoms with Crippen molar-refractivity contribution in [2.24, 2.45) is 0 Å². The Hall–Kier alpha value is -0.770. The second-order valence-corrected chi connectivity index (χ2v) is 4.50. The summed E-state index contributed by atoms with van der Waals surface area (Å²) in [4.78, 5) is 13.4. The Morgan fingerprint density at radius 2 is 2.20 bits per heavy atom. The number of methoxy groups -OCH3 is 1. The Labute approximate surface area is 91.0 Å². The standard InChI is InChI=1S/C11H20N2O2/c1-15-11(14)13(10-5-6-10)8-9-4-2-3-7-12-9/h9-10,12H,2-8H2,1H3.